The Morgan fingerprint density at radius 2 is 2.09 bits per heavy atom. The van der Waals surface area contributed by atoms with E-state index in [9.17, 15) is 4.79 Å². The van der Waals surface area contributed by atoms with Crippen molar-refractivity contribution >= 4 is 57.2 Å². The van der Waals surface area contributed by atoms with Crippen LogP contribution in [0.3, 0.4) is 0 Å². The van der Waals surface area contributed by atoms with Gasteiger partial charge in [0.15, 0.2) is 28.2 Å². The van der Waals surface area contributed by atoms with Crippen LogP contribution in [0.1, 0.15) is 5.69 Å². The number of carboxylic acids is 1. The van der Waals surface area contributed by atoms with E-state index >= 15 is 0 Å². The fraction of sp³-hybridized carbons (Fsp3) is 0.174. The number of halogens is 1. The van der Waals surface area contributed by atoms with Crippen molar-refractivity contribution in [2.75, 3.05) is 25.1 Å². The number of anilines is 2. The molecule has 0 saturated carbocycles. The van der Waals surface area contributed by atoms with Gasteiger partial charge in [0.1, 0.15) is 24.4 Å². The van der Waals surface area contributed by atoms with Gasteiger partial charge in [0.05, 0.1) is 23.5 Å². The van der Waals surface area contributed by atoms with Crippen LogP contribution in [0.2, 0.25) is 5.02 Å². The van der Waals surface area contributed by atoms with Gasteiger partial charge in [-0.15, -0.1) is 0 Å². The Bertz CT molecular complexity index is 1440. The zero-order valence-electron chi connectivity index (χ0n) is 18.0. The molecule has 5 rings (SSSR count). The maximum absolute atomic E-state index is 11.0. The van der Waals surface area contributed by atoms with Crippen LogP contribution in [0.15, 0.2) is 47.6 Å². The molecule has 10 nitrogen and oxygen atoms in total. The highest BCUT2D eigenvalue weighted by atomic mass is 35.5. The quantitative estimate of drug-likeness (QED) is 0.316. The molecule has 1 aliphatic rings. The number of carbonyl (C=O) groups is 1. The fourth-order valence-corrected chi connectivity index (χ4v) is 4.41. The van der Waals surface area contributed by atoms with Crippen LogP contribution in [-0.2, 0) is 4.79 Å². The zero-order valence-corrected chi connectivity index (χ0v) is 19.6. The molecule has 12 heteroatoms. The van der Waals surface area contributed by atoms with E-state index in [4.69, 9.17) is 31.3 Å². The number of aliphatic carboxylic acids is 1. The normalized spacial score (nSPS) is 13.8. The van der Waals surface area contributed by atoms with E-state index in [1.807, 2.05) is 36.4 Å². The van der Waals surface area contributed by atoms with E-state index in [1.165, 1.54) is 12.4 Å². The van der Waals surface area contributed by atoms with Crippen molar-refractivity contribution in [1.29, 1.82) is 0 Å². The highest BCUT2D eigenvalue weighted by Gasteiger charge is 2.17. The topological polar surface area (TPSA) is 139 Å². The molecule has 0 aliphatic carbocycles. The first-order valence-corrected chi connectivity index (χ1v) is 11.6. The van der Waals surface area contributed by atoms with Crippen molar-refractivity contribution in [3.8, 4) is 22.6 Å². The van der Waals surface area contributed by atoms with Gasteiger partial charge in [-0.25, -0.2) is 14.8 Å². The molecule has 3 N–H and O–H groups in total. The van der Waals surface area contributed by atoms with Crippen molar-refractivity contribution < 1.29 is 24.5 Å². The Labute approximate surface area is 208 Å². The lowest BCUT2D eigenvalue weighted by Crippen LogP contribution is -2.22. The Hall–Kier alpha value is -3.80. The number of benzene rings is 2. The third kappa shape index (κ3) is 4.74. The lowest BCUT2D eigenvalue weighted by atomic mass is 10.0. The van der Waals surface area contributed by atoms with Gasteiger partial charge in [-0.05, 0) is 35.3 Å². The number of nitrogens with zero attached hydrogens (tertiary/aromatic N) is 4. The molecular formula is C23H18ClN5O5S. The van der Waals surface area contributed by atoms with Crippen LogP contribution in [-0.4, -0.2) is 62.6 Å². The summed E-state index contributed by atoms with van der Waals surface area (Å²) in [6.45, 7) is 0.415. The molecule has 2 aromatic heterocycles. The van der Waals surface area contributed by atoms with Crippen molar-refractivity contribution in [3.05, 3.63) is 53.3 Å². The zero-order chi connectivity index (χ0) is 24.4. The number of carboxylic acid groups (broad SMARTS) is 1. The SMILES string of the molecule is O=C(O)[C@@H](CO)N=Cc1cnc2c(Nc3cccc(-c4ccc5c(c4)OCCO5)c3Cl)nsc2n1. The number of nitrogens with one attached hydrogen (secondary N) is 1. The molecule has 1 atom stereocenters. The molecule has 0 saturated heterocycles. The largest absolute Gasteiger partial charge is 0.486 e. The van der Waals surface area contributed by atoms with Crippen molar-refractivity contribution in [3.63, 3.8) is 0 Å². The van der Waals surface area contributed by atoms with Crippen molar-refractivity contribution in [2.24, 2.45) is 4.99 Å². The first-order valence-electron chi connectivity index (χ1n) is 10.5. The number of hydrogen-bond acceptors (Lipinski definition) is 10. The Morgan fingerprint density at radius 1 is 1.26 bits per heavy atom. The first-order chi connectivity index (χ1) is 17.0. The molecule has 0 fully saturated rings. The first kappa shape index (κ1) is 23.0. The minimum atomic E-state index is -1.25. The number of hydrogen-bond donors (Lipinski definition) is 3. The molecule has 2 aromatic carbocycles. The van der Waals surface area contributed by atoms with E-state index < -0.39 is 18.6 Å². The van der Waals surface area contributed by atoms with Gasteiger partial charge >= 0.3 is 5.97 Å². The molecule has 0 bridgehead atoms. The maximum atomic E-state index is 11.0. The van der Waals surface area contributed by atoms with Crippen LogP contribution in [0.5, 0.6) is 11.5 Å². The van der Waals surface area contributed by atoms with Crippen LogP contribution in [0.4, 0.5) is 11.5 Å². The van der Waals surface area contributed by atoms with Gasteiger partial charge < -0.3 is 25.0 Å². The number of aliphatic hydroxyl groups is 1. The summed E-state index contributed by atoms with van der Waals surface area (Å²) in [5, 5.41) is 21.8. The second-order valence-corrected chi connectivity index (χ2v) is 8.57. The molecular weight excluding hydrogens is 494 g/mol. The van der Waals surface area contributed by atoms with Gasteiger partial charge in [0.2, 0.25) is 0 Å². The third-order valence-electron chi connectivity index (χ3n) is 5.16. The smallest absolute Gasteiger partial charge is 0.330 e. The van der Waals surface area contributed by atoms with Gasteiger partial charge in [-0.1, -0.05) is 29.8 Å². The third-order valence-corrected chi connectivity index (χ3v) is 6.30. The minimum absolute atomic E-state index is 0.353. The van der Waals surface area contributed by atoms with E-state index in [1.54, 1.807) is 0 Å². The molecule has 0 spiro atoms. The number of fused-ring (bicyclic) bond motifs is 2. The van der Waals surface area contributed by atoms with Crippen molar-refractivity contribution in [1.82, 2.24) is 14.3 Å². The van der Waals surface area contributed by atoms with Gasteiger partial charge in [0.25, 0.3) is 0 Å². The van der Waals surface area contributed by atoms with E-state index in [-0.39, 0.29) is 0 Å². The second kappa shape index (κ2) is 9.82. The molecule has 1 aliphatic heterocycles. The lowest BCUT2D eigenvalue weighted by molar-refractivity contribution is -0.139. The summed E-state index contributed by atoms with van der Waals surface area (Å²) < 4.78 is 15.7. The van der Waals surface area contributed by atoms with Gasteiger partial charge in [-0.2, -0.15) is 4.37 Å². The number of ether oxygens (including phenoxy) is 2. The van der Waals surface area contributed by atoms with Crippen molar-refractivity contribution in [2.45, 2.75) is 6.04 Å². The van der Waals surface area contributed by atoms with Crippen LogP contribution >= 0.6 is 23.1 Å². The monoisotopic (exact) mass is 511 g/mol. The Kier molecular flexibility index (Phi) is 6.45. The molecule has 35 heavy (non-hydrogen) atoms. The Morgan fingerprint density at radius 3 is 2.89 bits per heavy atom. The van der Waals surface area contributed by atoms with E-state index in [0.717, 1.165) is 22.7 Å². The standard InChI is InChI=1S/C23H18ClN5O5S/c24-19-14(12-4-5-17-18(8-12)34-7-6-33-17)2-1-3-15(19)28-21-20-22(35-29-21)27-13(10-26-20)9-25-16(11-30)23(31)32/h1-5,8-10,16,30H,6-7,11H2,(H,28,29)(H,31,32)/t16-/m1/s1. The Balaban J connectivity index is 1.40. The van der Waals surface area contributed by atoms with Gasteiger partial charge in [-0.3, -0.25) is 4.99 Å². The summed E-state index contributed by atoms with van der Waals surface area (Å²) in [6.07, 6.45) is 2.72. The van der Waals surface area contributed by atoms with Crippen LogP contribution in [0, 0.1) is 0 Å². The average molecular weight is 512 g/mol. The molecule has 0 amide bonds. The minimum Gasteiger partial charge on any atom is -0.486 e. The molecule has 0 unspecified atom stereocenters. The summed E-state index contributed by atoms with van der Waals surface area (Å²) in [5.74, 6) is 0.646. The molecule has 0 radical (unpaired) electrons. The highest BCUT2D eigenvalue weighted by Crippen LogP contribution is 2.40. The predicted molar refractivity (Wildman–Crippen MR) is 132 cm³/mol. The summed E-state index contributed by atoms with van der Waals surface area (Å²) in [5.41, 5.74) is 3.23. The fourth-order valence-electron chi connectivity index (χ4n) is 3.43. The second-order valence-electron chi connectivity index (χ2n) is 7.45. The maximum Gasteiger partial charge on any atom is 0.330 e. The summed E-state index contributed by atoms with van der Waals surface area (Å²) in [6, 6.07) is 10.1. The molecule has 178 valence electrons. The number of rotatable bonds is 7. The summed E-state index contributed by atoms with van der Waals surface area (Å²) in [4.78, 5) is 24.2. The lowest BCUT2D eigenvalue weighted by Gasteiger charge is -2.19. The summed E-state index contributed by atoms with van der Waals surface area (Å²) >= 11 is 7.88. The summed E-state index contributed by atoms with van der Waals surface area (Å²) in [7, 11) is 0. The van der Waals surface area contributed by atoms with Gasteiger partial charge in [0, 0.05) is 11.8 Å². The van der Waals surface area contributed by atoms with Crippen LogP contribution in [0.25, 0.3) is 21.5 Å². The van der Waals surface area contributed by atoms with E-state index in [0.29, 0.717) is 57.3 Å². The predicted octanol–water partition coefficient (Wildman–Crippen LogP) is 3.79. The number of aliphatic imine (C=N–C) groups is 1. The van der Waals surface area contributed by atoms with Crippen LogP contribution < -0.4 is 14.8 Å². The highest BCUT2D eigenvalue weighted by molar-refractivity contribution is 7.13. The number of aromatic nitrogens is 3. The average Bonchev–Trinajstić information content (AvgIpc) is 3.27. The number of aliphatic hydroxyl groups excluding tert-OH is 1. The molecule has 3 heterocycles. The van der Waals surface area contributed by atoms with E-state index in [2.05, 4.69) is 24.7 Å². The molecule has 4 aromatic rings.